The van der Waals surface area contributed by atoms with Crippen molar-refractivity contribution in [1.29, 1.82) is 0 Å². The minimum absolute atomic E-state index is 0.0238. The Hall–Kier alpha value is -0.610. The summed E-state index contributed by atoms with van der Waals surface area (Å²) in [5, 5.41) is 3.44. The predicted octanol–water partition coefficient (Wildman–Crippen LogP) is 0.374. The third-order valence-corrected chi connectivity index (χ3v) is 3.60. The van der Waals surface area contributed by atoms with Gasteiger partial charge in [-0.1, -0.05) is 0 Å². The van der Waals surface area contributed by atoms with Crippen LogP contribution in [-0.4, -0.2) is 49.7 Å². The highest BCUT2D eigenvalue weighted by Crippen LogP contribution is 2.23. The van der Waals surface area contributed by atoms with Gasteiger partial charge in [0.05, 0.1) is 12.1 Å². The van der Waals surface area contributed by atoms with E-state index in [2.05, 4.69) is 5.32 Å². The lowest BCUT2D eigenvalue weighted by Gasteiger charge is -2.22. The van der Waals surface area contributed by atoms with E-state index in [-0.39, 0.29) is 11.9 Å². The Balaban J connectivity index is 1.89. The third-order valence-electron chi connectivity index (χ3n) is 3.60. The number of carbonyl (C=O) groups excluding carboxylic acids is 1. The Kier molecular flexibility index (Phi) is 3.26. The van der Waals surface area contributed by atoms with Gasteiger partial charge in [-0.15, -0.1) is 0 Å². The molecule has 0 spiro atoms. The van der Waals surface area contributed by atoms with Crippen molar-refractivity contribution < 1.29 is 9.53 Å². The summed E-state index contributed by atoms with van der Waals surface area (Å²) in [6.45, 7) is 0.876. The van der Waals surface area contributed by atoms with Gasteiger partial charge in [-0.05, 0) is 25.7 Å². The molecular formula is C11H20N2O2. The largest absolute Gasteiger partial charge is 0.380 e. The Morgan fingerprint density at radius 1 is 1.40 bits per heavy atom. The summed E-state index contributed by atoms with van der Waals surface area (Å²) in [5.41, 5.74) is 0. The first-order chi connectivity index (χ1) is 7.22. The van der Waals surface area contributed by atoms with Gasteiger partial charge < -0.3 is 15.0 Å². The molecule has 0 aromatic carbocycles. The van der Waals surface area contributed by atoms with Crippen LogP contribution in [0.2, 0.25) is 0 Å². The molecule has 1 aliphatic carbocycles. The summed E-state index contributed by atoms with van der Waals surface area (Å²) < 4.78 is 5.41. The molecule has 2 fully saturated rings. The Morgan fingerprint density at radius 3 is 2.80 bits per heavy atom. The first kappa shape index (κ1) is 10.9. The molecule has 86 valence electrons. The average Bonchev–Trinajstić information content (AvgIpc) is 2.80. The van der Waals surface area contributed by atoms with Gasteiger partial charge in [-0.2, -0.15) is 0 Å². The van der Waals surface area contributed by atoms with Crippen LogP contribution in [0.25, 0.3) is 0 Å². The molecule has 1 amide bonds. The van der Waals surface area contributed by atoms with Gasteiger partial charge in [0.15, 0.2) is 0 Å². The number of rotatable bonds is 3. The van der Waals surface area contributed by atoms with E-state index in [0.717, 1.165) is 25.8 Å². The van der Waals surface area contributed by atoms with Crippen molar-refractivity contribution in [1.82, 2.24) is 10.2 Å². The summed E-state index contributed by atoms with van der Waals surface area (Å²) in [6.07, 6.45) is 4.68. The van der Waals surface area contributed by atoms with Crippen LogP contribution in [0.3, 0.4) is 0 Å². The van der Waals surface area contributed by atoms with Crippen LogP contribution in [0, 0.1) is 0 Å². The summed E-state index contributed by atoms with van der Waals surface area (Å²) in [4.78, 5) is 13.5. The van der Waals surface area contributed by atoms with Gasteiger partial charge in [-0.3, -0.25) is 4.79 Å². The number of likely N-dealkylation sites (N-methyl/N-ethyl adjacent to an activating group) is 1. The molecule has 2 rings (SSSR count). The maximum absolute atomic E-state index is 11.7. The van der Waals surface area contributed by atoms with Crippen LogP contribution in [0.1, 0.15) is 25.7 Å². The number of hydrogen-bond acceptors (Lipinski definition) is 3. The first-order valence-electron chi connectivity index (χ1n) is 5.76. The predicted molar refractivity (Wildman–Crippen MR) is 57.6 cm³/mol. The Bertz CT molecular complexity index is 245. The van der Waals surface area contributed by atoms with Crippen molar-refractivity contribution in [3.05, 3.63) is 0 Å². The van der Waals surface area contributed by atoms with Crippen molar-refractivity contribution in [2.45, 2.75) is 43.9 Å². The van der Waals surface area contributed by atoms with E-state index in [4.69, 9.17) is 4.74 Å². The van der Waals surface area contributed by atoms with E-state index in [1.165, 1.54) is 6.42 Å². The van der Waals surface area contributed by atoms with Gasteiger partial charge in [0, 0.05) is 26.7 Å². The number of nitrogens with one attached hydrogen (secondary N) is 1. The molecule has 2 aliphatic rings. The average molecular weight is 212 g/mol. The van der Waals surface area contributed by atoms with Gasteiger partial charge in [0.1, 0.15) is 0 Å². The Labute approximate surface area is 91.0 Å². The van der Waals surface area contributed by atoms with Gasteiger partial charge in [0.25, 0.3) is 0 Å². The molecule has 0 aromatic rings. The molecule has 0 aromatic heterocycles. The molecule has 1 aliphatic heterocycles. The van der Waals surface area contributed by atoms with Gasteiger partial charge >= 0.3 is 0 Å². The molecule has 3 unspecified atom stereocenters. The highest BCUT2D eigenvalue weighted by molar-refractivity contribution is 5.83. The minimum atomic E-state index is 0.0238. The van der Waals surface area contributed by atoms with Crippen molar-refractivity contribution in [3.63, 3.8) is 0 Å². The SMILES string of the molecule is COC1CCCC1NC1CCN(C)C1=O. The molecule has 1 saturated carbocycles. The van der Waals surface area contributed by atoms with E-state index in [0.29, 0.717) is 12.1 Å². The maximum Gasteiger partial charge on any atom is 0.239 e. The van der Waals surface area contributed by atoms with Crippen molar-refractivity contribution in [3.8, 4) is 0 Å². The monoisotopic (exact) mass is 212 g/mol. The zero-order valence-electron chi connectivity index (χ0n) is 9.53. The van der Waals surface area contributed by atoms with Crippen molar-refractivity contribution in [2.24, 2.45) is 0 Å². The fourth-order valence-corrected chi connectivity index (χ4v) is 2.63. The number of likely N-dealkylation sites (tertiary alicyclic amines) is 1. The number of nitrogens with zero attached hydrogens (tertiary/aromatic N) is 1. The lowest BCUT2D eigenvalue weighted by atomic mass is 10.1. The molecular weight excluding hydrogens is 192 g/mol. The van der Waals surface area contributed by atoms with Crippen LogP contribution in [0.4, 0.5) is 0 Å². The molecule has 0 radical (unpaired) electrons. The molecule has 1 N–H and O–H groups in total. The van der Waals surface area contributed by atoms with E-state index in [1.54, 1.807) is 12.0 Å². The zero-order chi connectivity index (χ0) is 10.8. The number of carbonyl (C=O) groups is 1. The highest BCUT2D eigenvalue weighted by Gasteiger charge is 2.34. The summed E-state index contributed by atoms with van der Waals surface area (Å²) in [7, 11) is 3.62. The fraction of sp³-hybridized carbons (Fsp3) is 0.909. The summed E-state index contributed by atoms with van der Waals surface area (Å²) >= 11 is 0. The number of ether oxygens (including phenoxy) is 1. The zero-order valence-corrected chi connectivity index (χ0v) is 9.53. The summed E-state index contributed by atoms with van der Waals surface area (Å²) in [6, 6.07) is 0.395. The van der Waals surface area contributed by atoms with E-state index in [9.17, 15) is 4.79 Å². The smallest absolute Gasteiger partial charge is 0.239 e. The number of hydrogen-bond donors (Lipinski definition) is 1. The fourth-order valence-electron chi connectivity index (χ4n) is 2.63. The molecule has 4 heteroatoms. The lowest BCUT2D eigenvalue weighted by molar-refractivity contribution is -0.128. The number of methoxy groups -OCH3 is 1. The minimum Gasteiger partial charge on any atom is -0.380 e. The molecule has 0 bridgehead atoms. The second-order valence-electron chi connectivity index (χ2n) is 4.58. The normalized spacial score (nSPS) is 36.5. The molecule has 1 saturated heterocycles. The highest BCUT2D eigenvalue weighted by atomic mass is 16.5. The quantitative estimate of drug-likeness (QED) is 0.735. The second kappa shape index (κ2) is 4.49. The van der Waals surface area contributed by atoms with Crippen LogP contribution in [-0.2, 0) is 9.53 Å². The van der Waals surface area contributed by atoms with Crippen molar-refractivity contribution in [2.75, 3.05) is 20.7 Å². The lowest BCUT2D eigenvalue weighted by Crippen LogP contribution is -2.46. The molecule has 4 nitrogen and oxygen atoms in total. The van der Waals surface area contributed by atoms with Crippen LogP contribution >= 0.6 is 0 Å². The Morgan fingerprint density at radius 2 is 2.20 bits per heavy atom. The van der Waals surface area contributed by atoms with Crippen LogP contribution in [0.5, 0.6) is 0 Å². The molecule has 1 heterocycles. The van der Waals surface area contributed by atoms with E-state index >= 15 is 0 Å². The standard InChI is InChI=1S/C11H20N2O2/c1-13-7-6-9(11(13)14)12-8-4-3-5-10(8)15-2/h8-10,12H,3-7H2,1-2H3. The molecule has 15 heavy (non-hydrogen) atoms. The third kappa shape index (κ3) is 2.16. The number of amides is 1. The topological polar surface area (TPSA) is 41.6 Å². The van der Waals surface area contributed by atoms with Crippen LogP contribution in [0.15, 0.2) is 0 Å². The van der Waals surface area contributed by atoms with Crippen molar-refractivity contribution >= 4 is 5.91 Å². The summed E-state index contributed by atoms with van der Waals surface area (Å²) in [5.74, 6) is 0.233. The second-order valence-corrected chi connectivity index (χ2v) is 4.58. The van der Waals surface area contributed by atoms with Gasteiger partial charge in [-0.25, -0.2) is 0 Å². The maximum atomic E-state index is 11.7. The first-order valence-corrected chi connectivity index (χ1v) is 5.76. The van der Waals surface area contributed by atoms with Crippen LogP contribution < -0.4 is 5.32 Å². The van der Waals surface area contributed by atoms with Gasteiger partial charge in [0.2, 0.25) is 5.91 Å². The van der Waals surface area contributed by atoms with E-state index < -0.39 is 0 Å². The van der Waals surface area contributed by atoms with E-state index in [1.807, 2.05) is 7.05 Å². The molecule has 3 atom stereocenters.